The largest absolute Gasteiger partial charge is 0.480 e. The van der Waals surface area contributed by atoms with Gasteiger partial charge in [-0.2, -0.15) is 0 Å². The van der Waals surface area contributed by atoms with Crippen LogP contribution in [-0.2, 0) is 4.79 Å². The zero-order valence-electron chi connectivity index (χ0n) is 19.7. The summed E-state index contributed by atoms with van der Waals surface area (Å²) >= 11 is 0. The third-order valence-electron chi connectivity index (χ3n) is 6.20. The second kappa shape index (κ2) is 7.93. The van der Waals surface area contributed by atoms with Gasteiger partial charge in [0.2, 0.25) is 0 Å². The summed E-state index contributed by atoms with van der Waals surface area (Å²) in [6.45, 7) is 12.2. The first-order valence-electron chi connectivity index (χ1n) is 11.2. The monoisotopic (exact) mass is 436 g/mol. The Balaban J connectivity index is 1.55. The SMILES string of the molecule is Cc1c(O[C@@H](C)C(=O)NC2CC(C)(C)NC(C)(C)C2)ccc2c1oc(=O)c1ccccc12. The first-order valence-corrected chi connectivity index (χ1v) is 11.2. The molecule has 1 atom stereocenters. The first-order chi connectivity index (χ1) is 15.0. The minimum Gasteiger partial charge on any atom is -0.480 e. The standard InChI is InChI=1S/C26H32N2O4/c1-15-21(12-11-19-18-9-7-8-10-20(18)24(30)32-22(15)19)31-16(2)23(29)27-17-13-25(3,4)28-26(5,6)14-17/h7-12,16-17,28H,13-14H2,1-6H3,(H,27,29)/t16-/m0/s1. The van der Waals surface area contributed by atoms with E-state index in [1.807, 2.05) is 37.3 Å². The zero-order valence-corrected chi connectivity index (χ0v) is 19.7. The van der Waals surface area contributed by atoms with Gasteiger partial charge in [-0.15, -0.1) is 0 Å². The minimum absolute atomic E-state index is 0.0565. The molecule has 2 N–H and O–H groups in total. The topological polar surface area (TPSA) is 80.6 Å². The Labute approximate surface area is 188 Å². The summed E-state index contributed by atoms with van der Waals surface area (Å²) in [4.78, 5) is 25.3. The molecule has 1 aliphatic heterocycles. The van der Waals surface area contributed by atoms with Crippen LogP contribution in [0.5, 0.6) is 5.75 Å². The number of carbonyl (C=O) groups excluding carboxylic acids is 1. The molecular weight excluding hydrogens is 404 g/mol. The van der Waals surface area contributed by atoms with Crippen molar-refractivity contribution in [3.05, 3.63) is 52.4 Å². The molecule has 2 aromatic carbocycles. The van der Waals surface area contributed by atoms with E-state index in [1.165, 1.54) is 0 Å². The van der Waals surface area contributed by atoms with E-state index in [4.69, 9.17) is 9.15 Å². The van der Waals surface area contributed by atoms with Gasteiger partial charge in [0.1, 0.15) is 11.3 Å². The van der Waals surface area contributed by atoms with Crippen molar-refractivity contribution in [1.82, 2.24) is 10.6 Å². The Kier molecular flexibility index (Phi) is 5.53. The van der Waals surface area contributed by atoms with Crippen LogP contribution < -0.4 is 21.0 Å². The molecule has 1 fully saturated rings. The van der Waals surface area contributed by atoms with Crippen LogP contribution in [0.1, 0.15) is 53.0 Å². The number of ether oxygens (including phenoxy) is 1. The molecule has 1 aliphatic rings. The van der Waals surface area contributed by atoms with Gasteiger partial charge in [0.25, 0.3) is 5.91 Å². The molecule has 170 valence electrons. The Bertz CT molecular complexity index is 1230. The minimum atomic E-state index is -0.681. The summed E-state index contributed by atoms with van der Waals surface area (Å²) in [5.74, 6) is 0.382. The summed E-state index contributed by atoms with van der Waals surface area (Å²) in [5.41, 5.74) is 0.697. The van der Waals surface area contributed by atoms with Crippen LogP contribution in [0.25, 0.3) is 21.7 Å². The van der Waals surface area contributed by atoms with Crippen LogP contribution >= 0.6 is 0 Å². The maximum absolute atomic E-state index is 12.9. The van der Waals surface area contributed by atoms with E-state index in [0.29, 0.717) is 22.3 Å². The second-order valence-corrected chi connectivity index (χ2v) is 10.3. The molecule has 0 saturated carbocycles. The summed E-state index contributed by atoms with van der Waals surface area (Å²) in [6.07, 6.45) is 1.02. The highest BCUT2D eigenvalue weighted by Gasteiger charge is 2.38. The average molecular weight is 437 g/mol. The number of fused-ring (bicyclic) bond motifs is 3. The van der Waals surface area contributed by atoms with Crippen LogP contribution in [0.3, 0.4) is 0 Å². The average Bonchev–Trinajstić information content (AvgIpc) is 2.68. The van der Waals surface area contributed by atoms with Crippen LogP contribution in [0.4, 0.5) is 0 Å². The highest BCUT2D eigenvalue weighted by atomic mass is 16.5. The van der Waals surface area contributed by atoms with Gasteiger partial charge in [0.05, 0.1) is 5.39 Å². The molecule has 1 aromatic heterocycles. The number of rotatable bonds is 4. The molecule has 0 spiro atoms. The number of hydrogen-bond acceptors (Lipinski definition) is 5. The number of piperidine rings is 1. The molecule has 4 rings (SSSR count). The van der Waals surface area contributed by atoms with Crippen molar-refractivity contribution >= 4 is 27.6 Å². The fourth-order valence-corrected chi connectivity index (χ4v) is 5.18. The van der Waals surface area contributed by atoms with Crippen molar-refractivity contribution < 1.29 is 13.9 Å². The van der Waals surface area contributed by atoms with Gasteiger partial charge in [0, 0.05) is 28.1 Å². The van der Waals surface area contributed by atoms with Gasteiger partial charge < -0.3 is 19.8 Å². The highest BCUT2D eigenvalue weighted by molar-refractivity contribution is 6.05. The number of benzene rings is 2. The van der Waals surface area contributed by atoms with Crippen LogP contribution in [-0.4, -0.2) is 29.1 Å². The normalized spacial score (nSPS) is 19.1. The lowest BCUT2D eigenvalue weighted by Crippen LogP contribution is -2.62. The molecule has 6 nitrogen and oxygen atoms in total. The zero-order chi connectivity index (χ0) is 23.3. The number of hydrogen-bond donors (Lipinski definition) is 2. The van der Waals surface area contributed by atoms with Crippen molar-refractivity contribution in [3.8, 4) is 5.75 Å². The second-order valence-electron chi connectivity index (χ2n) is 10.3. The van der Waals surface area contributed by atoms with Crippen LogP contribution in [0.2, 0.25) is 0 Å². The van der Waals surface area contributed by atoms with E-state index in [9.17, 15) is 9.59 Å². The van der Waals surface area contributed by atoms with Crippen molar-refractivity contribution in [1.29, 1.82) is 0 Å². The van der Waals surface area contributed by atoms with Crippen molar-refractivity contribution in [2.24, 2.45) is 0 Å². The summed E-state index contributed by atoms with van der Waals surface area (Å²) < 4.78 is 11.6. The Morgan fingerprint density at radius 2 is 1.69 bits per heavy atom. The quantitative estimate of drug-likeness (QED) is 0.467. The first kappa shape index (κ1) is 22.3. The van der Waals surface area contributed by atoms with E-state index in [1.54, 1.807) is 13.0 Å². The van der Waals surface area contributed by atoms with Gasteiger partial charge in [0.15, 0.2) is 6.10 Å². The van der Waals surface area contributed by atoms with Crippen molar-refractivity contribution in [2.75, 3.05) is 0 Å². The molecule has 3 aromatic rings. The predicted octanol–water partition coefficient (Wildman–Crippen LogP) is 4.45. The molecule has 0 bridgehead atoms. The fourth-order valence-electron chi connectivity index (χ4n) is 5.18. The number of amides is 1. The molecule has 2 heterocycles. The molecule has 6 heteroatoms. The third-order valence-corrected chi connectivity index (χ3v) is 6.20. The highest BCUT2D eigenvalue weighted by Crippen LogP contribution is 2.32. The molecule has 1 saturated heterocycles. The van der Waals surface area contributed by atoms with Crippen LogP contribution in [0.15, 0.2) is 45.6 Å². The third kappa shape index (κ3) is 4.37. The fraction of sp³-hybridized carbons (Fsp3) is 0.462. The van der Waals surface area contributed by atoms with E-state index in [-0.39, 0.29) is 28.7 Å². The van der Waals surface area contributed by atoms with Crippen LogP contribution in [0, 0.1) is 6.92 Å². The molecular formula is C26H32N2O4. The Hall–Kier alpha value is -2.86. The number of carbonyl (C=O) groups is 1. The van der Waals surface area contributed by atoms with E-state index in [2.05, 4.69) is 38.3 Å². The van der Waals surface area contributed by atoms with Gasteiger partial charge in [-0.1, -0.05) is 18.2 Å². The molecule has 0 aliphatic carbocycles. The van der Waals surface area contributed by atoms with Crippen molar-refractivity contribution in [2.45, 2.75) is 77.6 Å². The molecule has 0 radical (unpaired) electrons. The van der Waals surface area contributed by atoms with Crippen molar-refractivity contribution in [3.63, 3.8) is 0 Å². The lowest BCUT2D eigenvalue weighted by atomic mass is 9.79. The summed E-state index contributed by atoms with van der Waals surface area (Å²) in [6, 6.07) is 11.2. The smallest absolute Gasteiger partial charge is 0.344 e. The maximum Gasteiger partial charge on any atom is 0.344 e. The summed E-state index contributed by atoms with van der Waals surface area (Å²) in [7, 11) is 0. The number of aryl methyl sites for hydroxylation is 1. The van der Waals surface area contributed by atoms with Gasteiger partial charge in [-0.05, 0) is 78.0 Å². The lowest BCUT2D eigenvalue weighted by molar-refractivity contribution is -0.128. The number of nitrogens with one attached hydrogen (secondary N) is 2. The Morgan fingerprint density at radius 1 is 1.06 bits per heavy atom. The van der Waals surface area contributed by atoms with E-state index in [0.717, 1.165) is 23.6 Å². The lowest BCUT2D eigenvalue weighted by Gasteiger charge is -2.46. The maximum atomic E-state index is 12.9. The predicted molar refractivity (Wildman–Crippen MR) is 127 cm³/mol. The Morgan fingerprint density at radius 3 is 2.34 bits per heavy atom. The molecule has 32 heavy (non-hydrogen) atoms. The molecule has 1 amide bonds. The van der Waals surface area contributed by atoms with Gasteiger partial charge >= 0.3 is 5.63 Å². The summed E-state index contributed by atoms with van der Waals surface area (Å²) in [5, 5.41) is 9.03. The van der Waals surface area contributed by atoms with E-state index < -0.39 is 6.10 Å². The van der Waals surface area contributed by atoms with Gasteiger partial charge in [-0.3, -0.25) is 4.79 Å². The van der Waals surface area contributed by atoms with Gasteiger partial charge in [-0.25, -0.2) is 4.79 Å². The molecule has 0 unspecified atom stereocenters. The van der Waals surface area contributed by atoms with E-state index >= 15 is 0 Å².